The van der Waals surface area contributed by atoms with Gasteiger partial charge in [0.15, 0.2) is 0 Å². The maximum atomic E-state index is 8.64. The monoisotopic (exact) mass is 173 g/mol. The van der Waals surface area contributed by atoms with Gasteiger partial charge in [0.2, 0.25) is 0 Å². The van der Waals surface area contributed by atoms with Crippen LogP contribution >= 0.6 is 0 Å². The zero-order valence-electron chi connectivity index (χ0n) is 7.86. The molecule has 0 amide bonds. The summed E-state index contributed by atoms with van der Waals surface area (Å²) in [5.74, 6) is 1.43. The fraction of sp³-hybridized carbons (Fsp3) is 1.00. The van der Waals surface area contributed by atoms with Crippen molar-refractivity contribution >= 4 is 0 Å². The fourth-order valence-electron chi connectivity index (χ4n) is 1.38. The van der Waals surface area contributed by atoms with Crippen molar-refractivity contribution in [3.63, 3.8) is 0 Å². The lowest BCUT2D eigenvalue weighted by Gasteiger charge is -2.09. The second kappa shape index (κ2) is 4.21. The first kappa shape index (κ1) is 9.96. The zero-order valence-corrected chi connectivity index (χ0v) is 7.86. The highest BCUT2D eigenvalue weighted by atomic mass is 16.5. The average Bonchev–Trinajstić information content (AvgIpc) is 2.79. The van der Waals surface area contributed by atoms with Crippen molar-refractivity contribution in [2.45, 2.75) is 32.4 Å². The number of aliphatic hydroxyl groups is 1. The summed E-state index contributed by atoms with van der Waals surface area (Å²) in [4.78, 5) is 0. The molecule has 3 nitrogen and oxygen atoms in total. The molecule has 0 aromatic carbocycles. The van der Waals surface area contributed by atoms with Crippen LogP contribution in [0.15, 0.2) is 0 Å². The first-order valence-corrected chi connectivity index (χ1v) is 4.63. The van der Waals surface area contributed by atoms with E-state index in [1.165, 1.54) is 0 Å². The number of aliphatic hydroxyl groups excluding tert-OH is 1. The molecule has 0 radical (unpaired) electrons. The van der Waals surface area contributed by atoms with Crippen molar-refractivity contribution in [2.75, 3.05) is 13.2 Å². The van der Waals surface area contributed by atoms with Gasteiger partial charge >= 0.3 is 0 Å². The van der Waals surface area contributed by atoms with Crippen LogP contribution in [0.1, 0.15) is 20.3 Å². The van der Waals surface area contributed by atoms with Gasteiger partial charge in [-0.2, -0.15) is 0 Å². The van der Waals surface area contributed by atoms with Gasteiger partial charge in [0.1, 0.15) is 0 Å². The van der Waals surface area contributed by atoms with Gasteiger partial charge in [-0.1, -0.05) is 13.8 Å². The Morgan fingerprint density at radius 3 is 2.67 bits per heavy atom. The Kier molecular flexibility index (Phi) is 3.50. The summed E-state index contributed by atoms with van der Waals surface area (Å²) in [6.45, 7) is 4.92. The van der Waals surface area contributed by atoms with Crippen molar-refractivity contribution in [3.8, 4) is 0 Å². The molecule has 0 spiro atoms. The minimum Gasteiger partial charge on any atom is -0.395 e. The third-order valence-electron chi connectivity index (χ3n) is 2.39. The van der Waals surface area contributed by atoms with Crippen LogP contribution < -0.4 is 5.73 Å². The first-order chi connectivity index (χ1) is 5.65. The van der Waals surface area contributed by atoms with E-state index in [0.29, 0.717) is 18.6 Å². The third-order valence-corrected chi connectivity index (χ3v) is 2.39. The Hall–Kier alpha value is -0.120. The molecule has 72 valence electrons. The van der Waals surface area contributed by atoms with E-state index in [9.17, 15) is 0 Å². The second-order valence-electron chi connectivity index (χ2n) is 3.96. The minimum absolute atomic E-state index is 0.0130. The molecule has 0 aromatic rings. The van der Waals surface area contributed by atoms with Crippen LogP contribution in [0, 0.1) is 11.8 Å². The van der Waals surface area contributed by atoms with Crippen LogP contribution in [-0.2, 0) is 4.74 Å². The fourth-order valence-corrected chi connectivity index (χ4v) is 1.38. The normalized spacial score (nSPS) is 30.8. The summed E-state index contributed by atoms with van der Waals surface area (Å²) in [5.41, 5.74) is 5.50. The van der Waals surface area contributed by atoms with Gasteiger partial charge in [0, 0.05) is 0 Å². The number of ether oxygens (including phenoxy) is 1. The van der Waals surface area contributed by atoms with Crippen LogP contribution in [0.3, 0.4) is 0 Å². The molecule has 0 saturated heterocycles. The van der Waals surface area contributed by atoms with E-state index in [-0.39, 0.29) is 12.6 Å². The van der Waals surface area contributed by atoms with E-state index in [4.69, 9.17) is 15.6 Å². The molecular weight excluding hydrogens is 154 g/mol. The number of hydrogen-bond acceptors (Lipinski definition) is 3. The summed E-state index contributed by atoms with van der Waals surface area (Å²) in [7, 11) is 0. The molecule has 0 bridgehead atoms. The van der Waals surface area contributed by atoms with Crippen LogP contribution in [0.4, 0.5) is 0 Å². The number of nitrogens with two attached hydrogens (primary N) is 1. The molecule has 12 heavy (non-hydrogen) atoms. The molecule has 3 unspecified atom stereocenters. The molecule has 0 heterocycles. The van der Waals surface area contributed by atoms with Crippen LogP contribution in [-0.4, -0.2) is 30.5 Å². The Bertz CT molecular complexity index is 138. The highest BCUT2D eigenvalue weighted by Crippen LogP contribution is 2.39. The molecule has 0 aromatic heterocycles. The predicted molar refractivity (Wildman–Crippen MR) is 47.7 cm³/mol. The van der Waals surface area contributed by atoms with E-state index < -0.39 is 0 Å². The molecule has 1 saturated carbocycles. The standard InChI is InChI=1S/C9H19NO2/c1-6(2)8-3-9(8)12-5-7(10)4-11/h6-9,11H,3-5,10H2,1-2H3. The van der Waals surface area contributed by atoms with Crippen LogP contribution in [0.25, 0.3) is 0 Å². The smallest absolute Gasteiger partial charge is 0.0643 e. The van der Waals surface area contributed by atoms with Crippen LogP contribution in [0.2, 0.25) is 0 Å². The topological polar surface area (TPSA) is 55.5 Å². The summed E-state index contributed by atoms with van der Waals surface area (Å²) in [6.07, 6.45) is 1.57. The Morgan fingerprint density at radius 1 is 1.58 bits per heavy atom. The molecule has 3 heteroatoms. The van der Waals surface area contributed by atoms with Gasteiger partial charge in [-0.3, -0.25) is 0 Å². The first-order valence-electron chi connectivity index (χ1n) is 4.63. The van der Waals surface area contributed by atoms with Gasteiger partial charge in [-0.15, -0.1) is 0 Å². The largest absolute Gasteiger partial charge is 0.395 e. The predicted octanol–water partition coefficient (Wildman–Crippen LogP) is 0.367. The van der Waals surface area contributed by atoms with Gasteiger partial charge in [0.25, 0.3) is 0 Å². The van der Waals surface area contributed by atoms with Gasteiger partial charge < -0.3 is 15.6 Å². The van der Waals surface area contributed by atoms with Gasteiger partial charge in [-0.25, -0.2) is 0 Å². The van der Waals surface area contributed by atoms with Gasteiger partial charge in [-0.05, 0) is 18.3 Å². The van der Waals surface area contributed by atoms with E-state index in [0.717, 1.165) is 12.3 Å². The Morgan fingerprint density at radius 2 is 2.25 bits per heavy atom. The lowest BCUT2D eigenvalue weighted by atomic mass is 10.1. The minimum atomic E-state index is -0.210. The van der Waals surface area contributed by atoms with E-state index in [1.54, 1.807) is 0 Å². The van der Waals surface area contributed by atoms with Crippen molar-refractivity contribution in [3.05, 3.63) is 0 Å². The summed E-state index contributed by atoms with van der Waals surface area (Å²) >= 11 is 0. The highest BCUT2D eigenvalue weighted by molar-refractivity contribution is 4.90. The lowest BCUT2D eigenvalue weighted by molar-refractivity contribution is 0.0767. The second-order valence-corrected chi connectivity index (χ2v) is 3.96. The van der Waals surface area contributed by atoms with E-state index >= 15 is 0 Å². The molecule has 1 fully saturated rings. The zero-order chi connectivity index (χ0) is 9.14. The molecular formula is C9H19NO2. The van der Waals surface area contributed by atoms with E-state index in [2.05, 4.69) is 13.8 Å². The molecule has 3 N–H and O–H groups in total. The Balaban J connectivity index is 2.04. The molecule has 0 aliphatic heterocycles. The quantitative estimate of drug-likeness (QED) is 0.631. The van der Waals surface area contributed by atoms with Crippen molar-refractivity contribution in [2.24, 2.45) is 17.6 Å². The SMILES string of the molecule is CC(C)C1CC1OCC(N)CO. The summed E-state index contributed by atoms with van der Waals surface area (Å²) in [5, 5.41) is 8.64. The maximum Gasteiger partial charge on any atom is 0.0643 e. The van der Waals surface area contributed by atoms with Gasteiger partial charge in [0.05, 0.1) is 25.4 Å². The van der Waals surface area contributed by atoms with Crippen molar-refractivity contribution in [1.29, 1.82) is 0 Å². The molecule has 3 atom stereocenters. The van der Waals surface area contributed by atoms with Crippen molar-refractivity contribution in [1.82, 2.24) is 0 Å². The lowest BCUT2D eigenvalue weighted by Crippen LogP contribution is -2.30. The van der Waals surface area contributed by atoms with Crippen molar-refractivity contribution < 1.29 is 9.84 Å². The average molecular weight is 173 g/mol. The molecule has 1 aliphatic rings. The number of rotatable bonds is 5. The highest BCUT2D eigenvalue weighted by Gasteiger charge is 2.40. The molecule has 1 aliphatic carbocycles. The summed E-state index contributed by atoms with van der Waals surface area (Å²) < 4.78 is 5.49. The maximum absolute atomic E-state index is 8.64. The molecule has 1 rings (SSSR count). The van der Waals surface area contributed by atoms with E-state index in [1.807, 2.05) is 0 Å². The third kappa shape index (κ3) is 2.73. The Labute approximate surface area is 73.9 Å². The number of hydrogen-bond donors (Lipinski definition) is 2. The van der Waals surface area contributed by atoms with Crippen LogP contribution in [0.5, 0.6) is 0 Å². The summed E-state index contributed by atoms with van der Waals surface area (Å²) in [6, 6.07) is -0.210.